The molecule has 6 nitrogen and oxygen atoms in total. The predicted molar refractivity (Wildman–Crippen MR) is 89.8 cm³/mol. The van der Waals surface area contributed by atoms with Crippen LogP contribution in [0.1, 0.15) is 12.8 Å². The van der Waals surface area contributed by atoms with Gasteiger partial charge in [-0.15, -0.1) is 0 Å². The van der Waals surface area contributed by atoms with Crippen LogP contribution in [0.25, 0.3) is 10.9 Å². The minimum absolute atomic E-state index is 0.142. The predicted octanol–water partition coefficient (Wildman–Crippen LogP) is 2.59. The lowest BCUT2D eigenvalue weighted by Gasteiger charge is -2.11. The van der Waals surface area contributed by atoms with Crippen LogP contribution < -0.4 is 10.6 Å². The molecule has 0 aliphatic carbocycles. The molecule has 1 aliphatic heterocycles. The fourth-order valence-corrected chi connectivity index (χ4v) is 2.90. The second-order valence-corrected chi connectivity index (χ2v) is 5.72. The molecular weight excluding hydrogens is 294 g/mol. The average molecular weight is 317 g/mol. The van der Waals surface area contributed by atoms with Crippen LogP contribution >= 0.6 is 0 Å². The number of hydrogen-bond donors (Lipinski definition) is 2. The monoisotopic (exact) mass is 317 g/mol. The third-order valence-corrected chi connectivity index (χ3v) is 4.09. The van der Waals surface area contributed by atoms with Gasteiger partial charge in [-0.25, -0.2) is 4.79 Å². The van der Waals surface area contributed by atoms with E-state index >= 15 is 0 Å². The fourth-order valence-electron chi connectivity index (χ4n) is 2.90. The highest BCUT2D eigenvalue weighted by Gasteiger charge is 2.17. The first kappa shape index (κ1) is 15.8. The zero-order valence-corrected chi connectivity index (χ0v) is 13.4. The van der Waals surface area contributed by atoms with Gasteiger partial charge in [0.2, 0.25) is 0 Å². The molecule has 0 bridgehead atoms. The first-order valence-corrected chi connectivity index (χ1v) is 8.01. The number of fused-ring (bicyclic) bond motifs is 1. The fraction of sp³-hybridized carbons (Fsp3) is 0.471. The van der Waals surface area contributed by atoms with Crippen LogP contribution in [0.3, 0.4) is 0 Å². The molecule has 2 N–H and O–H groups in total. The van der Waals surface area contributed by atoms with Gasteiger partial charge in [0, 0.05) is 38.4 Å². The number of rotatable bonds is 6. The van der Waals surface area contributed by atoms with Crippen LogP contribution in [0.15, 0.2) is 30.5 Å². The summed E-state index contributed by atoms with van der Waals surface area (Å²) in [5.74, 6) is 0. The summed E-state index contributed by atoms with van der Waals surface area (Å²) in [4.78, 5) is 12.1. The van der Waals surface area contributed by atoms with Crippen molar-refractivity contribution in [2.45, 2.75) is 25.5 Å². The average Bonchev–Trinajstić information content (AvgIpc) is 3.20. The smallest absolute Gasteiger partial charge is 0.319 e. The molecule has 0 saturated carbocycles. The molecule has 3 rings (SSSR count). The minimum atomic E-state index is -0.199. The van der Waals surface area contributed by atoms with E-state index in [1.165, 1.54) is 0 Å². The third kappa shape index (κ3) is 3.83. The second kappa shape index (κ2) is 7.48. The quantitative estimate of drug-likeness (QED) is 0.861. The summed E-state index contributed by atoms with van der Waals surface area (Å²) in [6.07, 6.45) is 4.18. The van der Waals surface area contributed by atoms with Gasteiger partial charge in [-0.3, -0.25) is 0 Å². The Hall–Kier alpha value is -2.05. The Kier molecular flexibility index (Phi) is 5.15. The maximum atomic E-state index is 12.1. The Morgan fingerprint density at radius 1 is 1.43 bits per heavy atom. The number of amides is 2. The van der Waals surface area contributed by atoms with E-state index in [9.17, 15) is 4.79 Å². The molecule has 0 unspecified atom stereocenters. The number of para-hydroxylation sites is 1. The van der Waals surface area contributed by atoms with Crippen molar-refractivity contribution in [3.63, 3.8) is 0 Å². The minimum Gasteiger partial charge on any atom is -0.383 e. The Morgan fingerprint density at radius 2 is 2.30 bits per heavy atom. The van der Waals surface area contributed by atoms with Crippen molar-refractivity contribution in [2.24, 2.45) is 0 Å². The van der Waals surface area contributed by atoms with Gasteiger partial charge in [-0.05, 0) is 18.9 Å². The summed E-state index contributed by atoms with van der Waals surface area (Å²) in [7, 11) is 1.68. The molecule has 124 valence electrons. The Balaban J connectivity index is 1.67. The summed E-state index contributed by atoms with van der Waals surface area (Å²) >= 11 is 0. The van der Waals surface area contributed by atoms with Crippen LogP contribution in [0, 0.1) is 0 Å². The summed E-state index contributed by atoms with van der Waals surface area (Å²) < 4.78 is 12.7. The molecular formula is C17H23N3O3. The van der Waals surface area contributed by atoms with Crippen molar-refractivity contribution in [1.82, 2.24) is 9.88 Å². The maximum Gasteiger partial charge on any atom is 0.319 e. The van der Waals surface area contributed by atoms with Crippen LogP contribution in [0.4, 0.5) is 10.5 Å². The zero-order valence-electron chi connectivity index (χ0n) is 13.4. The number of nitrogens with one attached hydrogen (secondary N) is 2. The van der Waals surface area contributed by atoms with E-state index in [0.717, 1.165) is 42.6 Å². The highest BCUT2D eigenvalue weighted by Crippen LogP contribution is 2.25. The molecule has 2 aromatic rings. The van der Waals surface area contributed by atoms with Crippen LogP contribution in [-0.4, -0.2) is 43.6 Å². The molecule has 0 spiro atoms. The Bertz CT molecular complexity index is 662. The molecule has 2 amide bonds. The third-order valence-electron chi connectivity index (χ3n) is 4.09. The lowest BCUT2D eigenvalue weighted by molar-refractivity contribution is 0.112. The normalized spacial score (nSPS) is 17.5. The summed E-state index contributed by atoms with van der Waals surface area (Å²) in [6, 6.07) is 7.82. The highest BCUT2D eigenvalue weighted by atomic mass is 16.5. The van der Waals surface area contributed by atoms with Gasteiger partial charge in [0.05, 0.1) is 23.9 Å². The molecule has 23 heavy (non-hydrogen) atoms. The maximum absolute atomic E-state index is 12.1. The number of urea groups is 1. The number of methoxy groups -OCH3 is 1. The number of carbonyl (C=O) groups excluding carboxylic acids is 1. The highest BCUT2D eigenvalue weighted by molar-refractivity contribution is 6.01. The number of carbonyl (C=O) groups is 1. The standard InChI is InChI=1S/C17H23N3O3/c1-22-10-8-20-12-15(14-6-2-3-7-16(14)20)19-17(21)18-11-13-5-4-9-23-13/h2-3,6-7,12-13H,4-5,8-11H2,1H3,(H2,18,19,21)/t13-/m1/s1. The molecule has 1 saturated heterocycles. The lowest BCUT2D eigenvalue weighted by Crippen LogP contribution is -2.34. The molecule has 0 radical (unpaired) electrons. The molecule has 1 aliphatic rings. The lowest BCUT2D eigenvalue weighted by atomic mass is 10.2. The van der Waals surface area contributed by atoms with Crippen LogP contribution in [0.5, 0.6) is 0 Å². The van der Waals surface area contributed by atoms with Crippen molar-refractivity contribution in [1.29, 1.82) is 0 Å². The molecule has 1 aromatic carbocycles. The first-order valence-electron chi connectivity index (χ1n) is 8.01. The van der Waals surface area contributed by atoms with E-state index in [1.807, 2.05) is 30.5 Å². The van der Waals surface area contributed by atoms with Crippen molar-refractivity contribution >= 4 is 22.6 Å². The summed E-state index contributed by atoms with van der Waals surface area (Å²) in [5, 5.41) is 6.84. The molecule has 6 heteroatoms. The van der Waals surface area contributed by atoms with Gasteiger partial charge in [0.25, 0.3) is 0 Å². The van der Waals surface area contributed by atoms with E-state index in [2.05, 4.69) is 15.2 Å². The number of ether oxygens (including phenoxy) is 2. The number of hydrogen-bond acceptors (Lipinski definition) is 3. The van der Waals surface area contributed by atoms with Crippen molar-refractivity contribution in [3.8, 4) is 0 Å². The van der Waals surface area contributed by atoms with E-state index in [4.69, 9.17) is 9.47 Å². The van der Waals surface area contributed by atoms with Gasteiger partial charge in [-0.1, -0.05) is 18.2 Å². The molecule has 1 atom stereocenters. The Morgan fingerprint density at radius 3 is 3.09 bits per heavy atom. The summed E-state index contributed by atoms with van der Waals surface area (Å²) in [6.45, 7) is 2.72. The van der Waals surface area contributed by atoms with E-state index < -0.39 is 0 Å². The van der Waals surface area contributed by atoms with E-state index in [0.29, 0.717) is 13.2 Å². The topological polar surface area (TPSA) is 64.5 Å². The number of nitrogens with zero attached hydrogens (tertiary/aromatic N) is 1. The SMILES string of the molecule is COCCn1cc(NC(=O)NC[C@H]2CCCO2)c2ccccc21. The van der Waals surface area contributed by atoms with E-state index in [1.54, 1.807) is 7.11 Å². The van der Waals surface area contributed by atoms with Gasteiger partial charge < -0.3 is 24.7 Å². The number of aromatic nitrogens is 1. The van der Waals surface area contributed by atoms with Gasteiger partial charge in [0.1, 0.15) is 0 Å². The zero-order chi connectivity index (χ0) is 16.1. The van der Waals surface area contributed by atoms with Gasteiger partial charge in [0.15, 0.2) is 0 Å². The second-order valence-electron chi connectivity index (χ2n) is 5.72. The van der Waals surface area contributed by atoms with Crippen LogP contribution in [0.2, 0.25) is 0 Å². The summed E-state index contributed by atoms with van der Waals surface area (Å²) in [5.41, 5.74) is 1.89. The van der Waals surface area contributed by atoms with Gasteiger partial charge >= 0.3 is 6.03 Å². The largest absolute Gasteiger partial charge is 0.383 e. The first-order chi connectivity index (χ1) is 11.3. The van der Waals surface area contributed by atoms with Crippen molar-refractivity contribution < 1.29 is 14.3 Å². The van der Waals surface area contributed by atoms with Crippen molar-refractivity contribution in [2.75, 3.05) is 32.2 Å². The number of benzene rings is 1. The number of anilines is 1. The Labute approximate surface area is 135 Å². The molecule has 1 aromatic heterocycles. The van der Waals surface area contributed by atoms with Crippen LogP contribution in [-0.2, 0) is 16.0 Å². The molecule has 2 heterocycles. The van der Waals surface area contributed by atoms with Crippen molar-refractivity contribution in [3.05, 3.63) is 30.5 Å². The molecule has 1 fully saturated rings. The van der Waals surface area contributed by atoms with E-state index in [-0.39, 0.29) is 12.1 Å². The van der Waals surface area contributed by atoms with Gasteiger partial charge in [-0.2, -0.15) is 0 Å².